The van der Waals surface area contributed by atoms with E-state index in [1.807, 2.05) is 59.7 Å². The number of likely N-dealkylation sites (N-methyl/N-ethyl adjacent to an activating group) is 2. The Bertz CT molecular complexity index is 2660. The molecule has 1 saturated heterocycles. The summed E-state index contributed by atoms with van der Waals surface area (Å²) in [6.07, 6.45) is -0.685. The van der Waals surface area contributed by atoms with E-state index in [2.05, 4.69) is 26.3 Å². The lowest BCUT2D eigenvalue weighted by Crippen LogP contribution is -2.60. The zero-order valence-corrected chi connectivity index (χ0v) is 57.1. The molecule has 10 atom stereocenters. The summed E-state index contributed by atoms with van der Waals surface area (Å²) in [7, 11) is 6.22. The van der Waals surface area contributed by atoms with Crippen LogP contribution in [0.1, 0.15) is 145 Å². The van der Waals surface area contributed by atoms with E-state index >= 15 is 0 Å². The standard InChI is InChI=1S/C66H106N8O17/c1-19-43(6)56(51(84-17)39-52(75)74-30-23-26-50(74)58(85-18)44(7)59(78)68-45(8)57(77)46-24-21-20-22-25-46)73(16)62(81)54(41(2)3)71-61(80)55(42(4)5)72(15)53(76)40-89-37-36-88-35-34-87-33-32-86-31-29-67-60(79)47-27-28-48(69-63(82)90-65(9,10)11)49(38-47)70-64(83)91-66(12,13)14/h20-22,24-25,27-29,38,41-45,50-51,54-58,77H,19,23,26,30-37,39-40H2,1-18H3,(H,68,78)(H,69,82)(H,70,83)(H,71,80)/t43?,44?,45-,50?,51?,54-,55?,56?,57-,58?/m0/s1. The van der Waals surface area contributed by atoms with Crippen molar-refractivity contribution in [1.82, 2.24) is 25.3 Å². The molecule has 0 aliphatic carbocycles. The lowest BCUT2D eigenvalue weighted by Gasteiger charge is -2.41. The van der Waals surface area contributed by atoms with Gasteiger partial charge in [-0.25, -0.2) is 14.6 Å². The van der Waals surface area contributed by atoms with Gasteiger partial charge in [-0.2, -0.15) is 0 Å². The molecule has 1 heterocycles. The van der Waals surface area contributed by atoms with E-state index in [9.17, 15) is 43.5 Å². The smallest absolute Gasteiger partial charge is 0.412 e. The van der Waals surface area contributed by atoms with Gasteiger partial charge in [-0.15, -0.1) is 0 Å². The van der Waals surface area contributed by atoms with Gasteiger partial charge in [0.1, 0.15) is 29.9 Å². The van der Waals surface area contributed by atoms with Crippen LogP contribution in [0.5, 0.6) is 0 Å². The summed E-state index contributed by atoms with van der Waals surface area (Å²) in [5.74, 6) is -4.02. The fourth-order valence-electron chi connectivity index (χ4n) is 10.6. The van der Waals surface area contributed by atoms with E-state index in [1.54, 1.807) is 84.4 Å². The van der Waals surface area contributed by atoms with Crippen molar-refractivity contribution in [1.29, 1.82) is 0 Å². The Morgan fingerprint density at radius 1 is 0.714 bits per heavy atom. The van der Waals surface area contributed by atoms with Gasteiger partial charge >= 0.3 is 12.2 Å². The maximum atomic E-state index is 14.7. The number of nitrogens with zero attached hydrogens (tertiary/aromatic N) is 4. The maximum Gasteiger partial charge on any atom is 0.412 e. The highest BCUT2D eigenvalue weighted by atomic mass is 16.6. The molecule has 0 spiro atoms. The molecule has 91 heavy (non-hydrogen) atoms. The fourth-order valence-corrected chi connectivity index (χ4v) is 10.6. The third kappa shape index (κ3) is 26.1. The minimum atomic E-state index is -0.998. The molecule has 2 aromatic carbocycles. The third-order valence-corrected chi connectivity index (χ3v) is 15.5. The summed E-state index contributed by atoms with van der Waals surface area (Å²) in [6.45, 7) is 26.2. The van der Waals surface area contributed by atoms with Crippen molar-refractivity contribution in [3.8, 4) is 0 Å². The molecule has 0 radical (unpaired) electrons. The number of aliphatic imine (C=N–C) groups is 1. The quantitative estimate of drug-likeness (QED) is 0.0327. The Morgan fingerprint density at radius 2 is 1.29 bits per heavy atom. The van der Waals surface area contributed by atoms with Crippen molar-refractivity contribution in [3.05, 3.63) is 59.7 Å². The lowest BCUT2D eigenvalue weighted by molar-refractivity contribution is -0.149. The Labute approximate surface area is 539 Å². The van der Waals surface area contributed by atoms with Gasteiger partial charge in [-0.05, 0) is 103 Å². The summed E-state index contributed by atoms with van der Waals surface area (Å²) in [5, 5.41) is 22.0. The van der Waals surface area contributed by atoms with E-state index in [-0.39, 0.29) is 112 Å². The highest BCUT2D eigenvalue weighted by molar-refractivity contribution is 6.03. The molecule has 5 N–H and O–H groups in total. The molecule has 25 heteroatoms. The number of hydrogen-bond acceptors (Lipinski definition) is 17. The largest absolute Gasteiger partial charge is 0.444 e. The summed E-state index contributed by atoms with van der Waals surface area (Å²) in [5.41, 5.74) is -0.517. The second kappa shape index (κ2) is 38.4. The summed E-state index contributed by atoms with van der Waals surface area (Å²) in [6, 6.07) is 9.78. The fraction of sp³-hybridized carbons (Fsp3) is 0.682. The average Bonchev–Trinajstić information content (AvgIpc) is 2.04. The summed E-state index contributed by atoms with van der Waals surface area (Å²) in [4.78, 5) is 117. The lowest BCUT2D eigenvalue weighted by atomic mass is 9.89. The highest BCUT2D eigenvalue weighted by Gasteiger charge is 2.44. The number of aliphatic hydroxyl groups excluding tert-OH is 1. The SMILES string of the molecule is CCC(C)C(C(CC(=O)N1CCCC1C(OC)C(C)C(=O)N[C@@H](C)[C@H](O)c1ccccc1)OC)N(C)C(=O)[C@@H](NC(=O)C(C(C)C)N(C)C(=O)COCCOCCOCCOCC=NC(=O)c1ccc(NC(=O)OC(C)(C)C)c(NC(=O)OC(C)(C)C)c1)C(C)C. The Kier molecular flexibility index (Phi) is 33.2. The minimum Gasteiger partial charge on any atom is -0.444 e. The number of carbonyl (C=O) groups excluding carboxylic acids is 8. The highest BCUT2D eigenvalue weighted by Crippen LogP contribution is 2.31. The van der Waals surface area contributed by atoms with Crippen LogP contribution in [0.25, 0.3) is 0 Å². The van der Waals surface area contributed by atoms with Gasteiger partial charge in [0.25, 0.3) is 5.91 Å². The number of carbonyl (C=O) groups is 8. The molecule has 0 saturated carbocycles. The molecule has 2 aromatic rings. The van der Waals surface area contributed by atoms with E-state index < -0.39 is 95.5 Å². The first-order chi connectivity index (χ1) is 42.8. The van der Waals surface area contributed by atoms with Crippen LogP contribution in [0.2, 0.25) is 0 Å². The Hall–Kier alpha value is -6.61. The van der Waals surface area contributed by atoms with Crippen molar-refractivity contribution in [3.63, 3.8) is 0 Å². The number of likely N-dealkylation sites (tertiary alicyclic amines) is 1. The van der Waals surface area contributed by atoms with Crippen LogP contribution in [0, 0.1) is 23.7 Å². The predicted molar refractivity (Wildman–Crippen MR) is 346 cm³/mol. The monoisotopic (exact) mass is 1280 g/mol. The molecule has 25 nitrogen and oxygen atoms in total. The molecule has 3 rings (SSSR count). The molecule has 0 bridgehead atoms. The Morgan fingerprint density at radius 3 is 1.82 bits per heavy atom. The van der Waals surface area contributed by atoms with Gasteiger partial charge in [0, 0.05) is 46.6 Å². The van der Waals surface area contributed by atoms with Gasteiger partial charge in [-0.1, -0.05) is 85.2 Å². The topological polar surface area (TPSA) is 301 Å². The van der Waals surface area contributed by atoms with E-state index in [0.717, 1.165) is 0 Å². The molecule has 1 fully saturated rings. The molecule has 1 aliphatic rings. The molecule has 8 amide bonds. The number of hydrogen-bond donors (Lipinski definition) is 5. The molecule has 1 aliphatic heterocycles. The van der Waals surface area contributed by atoms with Crippen molar-refractivity contribution in [2.24, 2.45) is 28.7 Å². The van der Waals surface area contributed by atoms with Gasteiger partial charge in [0.05, 0.1) is 106 Å². The first-order valence-corrected chi connectivity index (χ1v) is 31.5. The molecule has 0 aromatic heterocycles. The summed E-state index contributed by atoms with van der Waals surface area (Å²) < 4.78 is 45.0. The van der Waals surface area contributed by atoms with Gasteiger partial charge in [-0.3, -0.25) is 39.4 Å². The van der Waals surface area contributed by atoms with Crippen LogP contribution >= 0.6 is 0 Å². The van der Waals surface area contributed by atoms with Crippen LogP contribution in [0.3, 0.4) is 0 Å². The number of methoxy groups -OCH3 is 2. The molecule has 7 unspecified atom stereocenters. The minimum absolute atomic E-state index is 0.00590. The average molecular weight is 1280 g/mol. The Balaban J connectivity index is 1.48. The summed E-state index contributed by atoms with van der Waals surface area (Å²) >= 11 is 0. The van der Waals surface area contributed by atoms with Crippen molar-refractivity contribution in [2.75, 3.05) is 98.3 Å². The molecular weight excluding hydrogens is 1180 g/mol. The van der Waals surface area contributed by atoms with Crippen molar-refractivity contribution >= 4 is 65.2 Å². The first-order valence-electron chi connectivity index (χ1n) is 31.5. The zero-order valence-electron chi connectivity index (χ0n) is 57.1. The van der Waals surface area contributed by atoms with Crippen molar-refractivity contribution < 1.29 is 81.4 Å². The second-order valence-electron chi connectivity index (χ2n) is 25.6. The van der Waals surface area contributed by atoms with Crippen LogP contribution in [0.4, 0.5) is 21.0 Å². The van der Waals surface area contributed by atoms with E-state index in [4.69, 9.17) is 37.9 Å². The van der Waals surface area contributed by atoms with E-state index in [0.29, 0.717) is 31.4 Å². The third-order valence-electron chi connectivity index (χ3n) is 15.5. The van der Waals surface area contributed by atoms with Gasteiger partial charge in [0.2, 0.25) is 29.5 Å². The maximum absolute atomic E-state index is 14.7. The number of aliphatic hydroxyl groups is 1. The second-order valence-corrected chi connectivity index (χ2v) is 25.6. The van der Waals surface area contributed by atoms with Gasteiger partial charge in [0.15, 0.2) is 0 Å². The predicted octanol–water partition coefficient (Wildman–Crippen LogP) is 7.44. The van der Waals surface area contributed by atoms with Crippen LogP contribution < -0.4 is 21.3 Å². The van der Waals surface area contributed by atoms with E-state index in [1.165, 1.54) is 50.6 Å². The number of amides is 8. The molecular formula is C66H106N8O17. The number of anilines is 2. The first kappa shape index (κ1) is 78.6. The van der Waals surface area contributed by atoms with Crippen molar-refractivity contribution in [2.45, 2.75) is 182 Å². The van der Waals surface area contributed by atoms with Crippen LogP contribution in [0.15, 0.2) is 53.5 Å². The van der Waals surface area contributed by atoms with Gasteiger partial charge < -0.3 is 68.3 Å². The number of rotatable bonds is 36. The number of benzene rings is 2. The van der Waals surface area contributed by atoms with Crippen LogP contribution in [-0.4, -0.2) is 215 Å². The normalized spacial score (nSPS) is 16.6. The number of ether oxygens (including phenoxy) is 8. The van der Waals surface area contributed by atoms with Crippen LogP contribution in [-0.2, 0) is 61.9 Å². The molecule has 512 valence electrons. The zero-order chi connectivity index (χ0) is 68.3. The number of nitrogens with one attached hydrogen (secondary N) is 4.